The van der Waals surface area contributed by atoms with Crippen molar-refractivity contribution in [2.75, 3.05) is 11.9 Å². The van der Waals surface area contributed by atoms with Crippen molar-refractivity contribution in [2.45, 2.75) is 20.0 Å². The number of benzene rings is 2. The Kier molecular flexibility index (Phi) is 6.36. The highest BCUT2D eigenvalue weighted by molar-refractivity contribution is 6.30. The smallest absolute Gasteiger partial charge is 0.338 e. The average Bonchev–Trinajstić information content (AvgIpc) is 2.56. The predicted octanol–water partition coefficient (Wildman–Crippen LogP) is 4.06. The fourth-order valence-corrected chi connectivity index (χ4v) is 2.05. The molecule has 0 atom stereocenters. The van der Waals surface area contributed by atoms with E-state index >= 15 is 0 Å². The first-order chi connectivity index (χ1) is 11.8. The third kappa shape index (κ3) is 5.76. The molecular formula is C18H17ClFNO4. The fraction of sp³-hybridized carbons (Fsp3) is 0.222. The zero-order valence-electron chi connectivity index (χ0n) is 13.7. The van der Waals surface area contributed by atoms with Crippen LogP contribution in [0.5, 0.6) is 5.75 Å². The Balaban J connectivity index is 1.87. The van der Waals surface area contributed by atoms with E-state index < -0.39 is 17.7 Å². The molecule has 0 aliphatic rings. The number of amides is 1. The van der Waals surface area contributed by atoms with Crippen LogP contribution in [0.4, 0.5) is 10.1 Å². The van der Waals surface area contributed by atoms with Crippen LogP contribution in [0.15, 0.2) is 42.5 Å². The van der Waals surface area contributed by atoms with Crippen LogP contribution in [0.25, 0.3) is 0 Å². The van der Waals surface area contributed by atoms with Crippen molar-refractivity contribution in [3.05, 3.63) is 58.9 Å². The van der Waals surface area contributed by atoms with Crippen LogP contribution >= 0.6 is 11.6 Å². The second-order valence-corrected chi connectivity index (χ2v) is 5.85. The second kappa shape index (κ2) is 8.48. The lowest BCUT2D eigenvalue weighted by molar-refractivity contribution is -0.118. The maximum Gasteiger partial charge on any atom is 0.338 e. The summed E-state index contributed by atoms with van der Waals surface area (Å²) in [5, 5.41) is 2.54. The lowest BCUT2D eigenvalue weighted by Crippen LogP contribution is -2.20. The monoisotopic (exact) mass is 365 g/mol. The topological polar surface area (TPSA) is 64.6 Å². The number of ether oxygens (including phenoxy) is 2. The summed E-state index contributed by atoms with van der Waals surface area (Å²) >= 11 is 5.64. The molecule has 2 aromatic rings. The Morgan fingerprint density at radius 2 is 1.84 bits per heavy atom. The summed E-state index contributed by atoms with van der Waals surface area (Å²) in [5.74, 6) is -1.11. The normalized spacial score (nSPS) is 10.4. The van der Waals surface area contributed by atoms with Crippen molar-refractivity contribution in [1.29, 1.82) is 0 Å². The summed E-state index contributed by atoms with van der Waals surface area (Å²) in [6.45, 7) is 3.26. The Bertz CT molecular complexity index is 762. The van der Waals surface area contributed by atoms with Gasteiger partial charge >= 0.3 is 5.97 Å². The van der Waals surface area contributed by atoms with Crippen molar-refractivity contribution in [3.8, 4) is 5.75 Å². The number of hydrogen-bond donors (Lipinski definition) is 1. The first-order valence-electron chi connectivity index (χ1n) is 7.54. The van der Waals surface area contributed by atoms with Gasteiger partial charge in [-0.1, -0.05) is 11.6 Å². The van der Waals surface area contributed by atoms with E-state index in [1.54, 1.807) is 38.1 Å². The van der Waals surface area contributed by atoms with E-state index in [1.165, 1.54) is 12.1 Å². The van der Waals surface area contributed by atoms with Gasteiger partial charge in [-0.2, -0.15) is 0 Å². The van der Waals surface area contributed by atoms with E-state index in [9.17, 15) is 14.0 Å². The average molecular weight is 366 g/mol. The summed E-state index contributed by atoms with van der Waals surface area (Å²) in [4.78, 5) is 23.6. The van der Waals surface area contributed by atoms with E-state index in [4.69, 9.17) is 21.1 Å². The van der Waals surface area contributed by atoms with Crippen LogP contribution in [0, 0.1) is 5.82 Å². The SMILES string of the molecule is CC(C)OC(=O)c1ccc(NC(=O)COc2ccc(F)c(Cl)c2)cc1. The highest BCUT2D eigenvalue weighted by Crippen LogP contribution is 2.21. The fourth-order valence-electron chi connectivity index (χ4n) is 1.88. The predicted molar refractivity (Wildman–Crippen MR) is 92.5 cm³/mol. The minimum absolute atomic E-state index is 0.0817. The molecule has 0 aromatic heterocycles. The Morgan fingerprint density at radius 1 is 1.16 bits per heavy atom. The third-order valence-corrected chi connectivity index (χ3v) is 3.30. The van der Waals surface area contributed by atoms with E-state index in [0.717, 1.165) is 6.07 Å². The molecule has 2 rings (SSSR count). The number of rotatable bonds is 6. The van der Waals surface area contributed by atoms with Crippen LogP contribution in [-0.2, 0) is 9.53 Å². The maximum absolute atomic E-state index is 13.0. The number of esters is 1. The van der Waals surface area contributed by atoms with E-state index in [-0.39, 0.29) is 23.5 Å². The number of carbonyl (C=O) groups excluding carboxylic acids is 2. The second-order valence-electron chi connectivity index (χ2n) is 5.44. The van der Waals surface area contributed by atoms with Gasteiger partial charge in [0.15, 0.2) is 6.61 Å². The van der Waals surface area contributed by atoms with Crippen LogP contribution < -0.4 is 10.1 Å². The molecule has 0 bridgehead atoms. The van der Waals surface area contributed by atoms with Gasteiger partial charge in [0.1, 0.15) is 11.6 Å². The van der Waals surface area contributed by atoms with Crippen molar-refractivity contribution >= 4 is 29.2 Å². The molecule has 0 radical (unpaired) electrons. The summed E-state index contributed by atoms with van der Waals surface area (Å²) in [5.41, 5.74) is 0.899. The van der Waals surface area contributed by atoms with Gasteiger partial charge in [-0.3, -0.25) is 4.79 Å². The summed E-state index contributed by atoms with van der Waals surface area (Å²) in [6, 6.07) is 10.1. The van der Waals surface area contributed by atoms with Gasteiger partial charge in [-0.05, 0) is 50.2 Å². The van der Waals surface area contributed by atoms with Gasteiger partial charge < -0.3 is 14.8 Å². The van der Waals surface area contributed by atoms with Crippen LogP contribution in [-0.4, -0.2) is 24.6 Å². The minimum Gasteiger partial charge on any atom is -0.484 e. The zero-order chi connectivity index (χ0) is 18.4. The van der Waals surface area contributed by atoms with Gasteiger partial charge in [0, 0.05) is 11.8 Å². The first kappa shape index (κ1) is 18.7. The van der Waals surface area contributed by atoms with E-state index in [0.29, 0.717) is 11.3 Å². The number of anilines is 1. The van der Waals surface area contributed by atoms with Crippen molar-refractivity contribution in [3.63, 3.8) is 0 Å². The minimum atomic E-state index is -0.561. The highest BCUT2D eigenvalue weighted by atomic mass is 35.5. The number of nitrogens with one attached hydrogen (secondary N) is 1. The molecule has 0 saturated carbocycles. The van der Waals surface area contributed by atoms with Crippen molar-refractivity contribution in [1.82, 2.24) is 0 Å². The Hall–Kier alpha value is -2.60. The molecule has 2 aromatic carbocycles. The summed E-state index contributed by atoms with van der Waals surface area (Å²) in [7, 11) is 0. The van der Waals surface area contributed by atoms with Crippen molar-refractivity contribution in [2.24, 2.45) is 0 Å². The first-order valence-corrected chi connectivity index (χ1v) is 7.91. The number of carbonyl (C=O) groups is 2. The summed E-state index contributed by atoms with van der Waals surface area (Å²) < 4.78 is 23.4. The van der Waals surface area contributed by atoms with Crippen LogP contribution in [0.2, 0.25) is 5.02 Å². The maximum atomic E-state index is 13.0. The van der Waals surface area contributed by atoms with Gasteiger partial charge in [0.05, 0.1) is 16.7 Å². The molecule has 25 heavy (non-hydrogen) atoms. The number of hydrogen-bond acceptors (Lipinski definition) is 4. The largest absolute Gasteiger partial charge is 0.484 e. The molecule has 1 N–H and O–H groups in total. The zero-order valence-corrected chi connectivity index (χ0v) is 14.5. The molecule has 0 spiro atoms. The standard InChI is InChI=1S/C18H17ClFNO4/c1-11(2)25-18(23)12-3-5-13(6-4-12)21-17(22)10-24-14-7-8-16(20)15(19)9-14/h3-9,11H,10H2,1-2H3,(H,21,22). The molecule has 7 heteroatoms. The molecule has 0 aliphatic carbocycles. The molecular weight excluding hydrogens is 349 g/mol. The lowest BCUT2D eigenvalue weighted by Gasteiger charge is -2.10. The van der Waals surface area contributed by atoms with E-state index in [1.807, 2.05) is 0 Å². The molecule has 0 unspecified atom stereocenters. The van der Waals surface area contributed by atoms with Crippen molar-refractivity contribution < 1.29 is 23.5 Å². The lowest BCUT2D eigenvalue weighted by atomic mass is 10.2. The number of halogens is 2. The Labute approximate surface area is 149 Å². The summed E-state index contributed by atoms with van der Waals surface area (Å²) in [6.07, 6.45) is -0.205. The molecule has 132 valence electrons. The third-order valence-electron chi connectivity index (χ3n) is 3.01. The Morgan fingerprint density at radius 3 is 2.44 bits per heavy atom. The molecule has 0 fully saturated rings. The molecule has 0 saturated heterocycles. The molecule has 0 heterocycles. The van der Waals surface area contributed by atoms with E-state index in [2.05, 4.69) is 5.32 Å². The van der Waals surface area contributed by atoms with Gasteiger partial charge in [0.2, 0.25) is 0 Å². The van der Waals surface area contributed by atoms with Gasteiger partial charge in [-0.25, -0.2) is 9.18 Å². The van der Waals surface area contributed by atoms with Crippen LogP contribution in [0.1, 0.15) is 24.2 Å². The molecule has 1 amide bonds. The van der Waals surface area contributed by atoms with Gasteiger partial charge in [0.25, 0.3) is 5.91 Å². The highest BCUT2D eigenvalue weighted by Gasteiger charge is 2.10. The molecule has 5 nitrogen and oxygen atoms in total. The molecule has 0 aliphatic heterocycles. The van der Waals surface area contributed by atoms with Gasteiger partial charge in [-0.15, -0.1) is 0 Å². The van der Waals surface area contributed by atoms with Crippen LogP contribution in [0.3, 0.4) is 0 Å². The quantitative estimate of drug-likeness (QED) is 0.784.